The largest absolute Gasteiger partial charge is 0.376 e. The van der Waals surface area contributed by atoms with Gasteiger partial charge in [0.15, 0.2) is 5.69 Å². The first kappa shape index (κ1) is 22.0. The second-order valence-electron chi connectivity index (χ2n) is 7.89. The monoisotopic (exact) mass is 436 g/mol. The van der Waals surface area contributed by atoms with E-state index in [0.29, 0.717) is 38.4 Å². The van der Waals surface area contributed by atoms with Crippen LogP contribution in [0.15, 0.2) is 54.6 Å². The molecule has 32 heavy (non-hydrogen) atoms. The zero-order valence-corrected chi connectivity index (χ0v) is 18.4. The molecule has 0 saturated heterocycles. The minimum Gasteiger partial charge on any atom is -0.376 e. The van der Waals surface area contributed by atoms with Crippen LogP contribution < -0.4 is 10.2 Å². The molecule has 7 heteroatoms. The summed E-state index contributed by atoms with van der Waals surface area (Å²) >= 11 is 0. The van der Waals surface area contributed by atoms with Crippen LogP contribution in [0.4, 0.5) is 10.1 Å². The van der Waals surface area contributed by atoms with Crippen molar-refractivity contribution in [2.75, 3.05) is 31.1 Å². The SMILES string of the molecule is CCN(CCCNC(=O)c1nn(Cc2ccc(F)cc2)c2c1COCC2)c1ccccc1. The van der Waals surface area contributed by atoms with Gasteiger partial charge in [-0.2, -0.15) is 5.10 Å². The van der Waals surface area contributed by atoms with Crippen LogP contribution in [-0.4, -0.2) is 41.9 Å². The molecule has 1 aliphatic heterocycles. The highest BCUT2D eigenvalue weighted by molar-refractivity contribution is 5.94. The summed E-state index contributed by atoms with van der Waals surface area (Å²) in [7, 11) is 0. The standard InChI is InChI=1S/C25H29FN4O2/c1-2-29(21-7-4-3-5-8-21)15-6-14-27-25(31)24-22-18-32-16-13-23(22)30(28-24)17-19-9-11-20(26)12-10-19/h3-5,7-12H,2,6,13-18H2,1H3,(H,27,31). The Morgan fingerprint density at radius 2 is 1.97 bits per heavy atom. The van der Waals surface area contributed by atoms with Gasteiger partial charge in [0.05, 0.1) is 19.8 Å². The Morgan fingerprint density at radius 1 is 1.19 bits per heavy atom. The summed E-state index contributed by atoms with van der Waals surface area (Å²) < 4.78 is 20.7. The fraction of sp³-hybridized carbons (Fsp3) is 0.360. The first-order valence-electron chi connectivity index (χ1n) is 11.1. The number of fused-ring (bicyclic) bond motifs is 1. The number of para-hydroxylation sites is 1. The molecule has 0 fully saturated rings. The molecule has 0 atom stereocenters. The van der Waals surface area contributed by atoms with E-state index in [1.54, 1.807) is 12.1 Å². The van der Waals surface area contributed by atoms with Crippen molar-refractivity contribution in [1.29, 1.82) is 0 Å². The average molecular weight is 437 g/mol. The number of ether oxygens (including phenoxy) is 1. The van der Waals surface area contributed by atoms with Crippen LogP contribution in [-0.2, 0) is 24.3 Å². The summed E-state index contributed by atoms with van der Waals surface area (Å²) in [6, 6.07) is 16.7. The van der Waals surface area contributed by atoms with Crippen molar-refractivity contribution in [3.05, 3.63) is 82.9 Å². The number of benzene rings is 2. The van der Waals surface area contributed by atoms with E-state index in [1.807, 2.05) is 22.9 Å². The second-order valence-corrected chi connectivity index (χ2v) is 7.89. The van der Waals surface area contributed by atoms with E-state index in [-0.39, 0.29) is 11.7 Å². The number of nitrogens with one attached hydrogen (secondary N) is 1. The van der Waals surface area contributed by atoms with E-state index in [1.165, 1.54) is 17.8 Å². The van der Waals surface area contributed by atoms with Crippen LogP contribution in [0.25, 0.3) is 0 Å². The number of anilines is 1. The Hall–Kier alpha value is -3.19. The van der Waals surface area contributed by atoms with E-state index in [2.05, 4.69) is 34.4 Å². The van der Waals surface area contributed by atoms with E-state index in [0.717, 1.165) is 36.3 Å². The van der Waals surface area contributed by atoms with Crippen LogP contribution in [0.3, 0.4) is 0 Å². The van der Waals surface area contributed by atoms with Crippen molar-refractivity contribution >= 4 is 11.6 Å². The van der Waals surface area contributed by atoms with Crippen molar-refractivity contribution in [3.8, 4) is 0 Å². The average Bonchev–Trinajstić information content (AvgIpc) is 3.19. The predicted molar refractivity (Wildman–Crippen MR) is 122 cm³/mol. The van der Waals surface area contributed by atoms with Crippen molar-refractivity contribution in [2.45, 2.75) is 32.9 Å². The van der Waals surface area contributed by atoms with Gasteiger partial charge in [-0.1, -0.05) is 30.3 Å². The summed E-state index contributed by atoms with van der Waals surface area (Å²) in [4.78, 5) is 15.2. The van der Waals surface area contributed by atoms with Crippen LogP contribution in [0.1, 0.15) is 40.7 Å². The fourth-order valence-corrected chi connectivity index (χ4v) is 4.05. The maximum absolute atomic E-state index is 13.2. The first-order valence-corrected chi connectivity index (χ1v) is 11.1. The zero-order chi connectivity index (χ0) is 22.3. The van der Waals surface area contributed by atoms with Gasteiger partial charge in [-0.15, -0.1) is 0 Å². The highest BCUT2D eigenvalue weighted by Gasteiger charge is 2.25. The third-order valence-electron chi connectivity index (χ3n) is 5.75. The Bertz CT molecular complexity index is 1030. The van der Waals surface area contributed by atoms with Crippen molar-refractivity contribution in [2.24, 2.45) is 0 Å². The number of carbonyl (C=O) groups excluding carboxylic acids is 1. The number of hydrogen-bond acceptors (Lipinski definition) is 4. The van der Waals surface area contributed by atoms with Gasteiger partial charge >= 0.3 is 0 Å². The first-order chi connectivity index (χ1) is 15.7. The van der Waals surface area contributed by atoms with Gasteiger partial charge in [-0.05, 0) is 43.2 Å². The van der Waals surface area contributed by atoms with Crippen LogP contribution >= 0.6 is 0 Å². The molecule has 1 aliphatic rings. The molecule has 0 aliphatic carbocycles. The molecule has 0 bridgehead atoms. The summed E-state index contributed by atoms with van der Waals surface area (Å²) in [5.41, 5.74) is 4.43. The predicted octanol–water partition coefficient (Wildman–Crippen LogP) is 3.79. The second kappa shape index (κ2) is 10.4. The lowest BCUT2D eigenvalue weighted by molar-refractivity contribution is 0.0925. The number of hydrogen-bond donors (Lipinski definition) is 1. The Balaban J connectivity index is 1.38. The minimum atomic E-state index is -0.265. The Morgan fingerprint density at radius 3 is 2.72 bits per heavy atom. The highest BCUT2D eigenvalue weighted by atomic mass is 19.1. The lowest BCUT2D eigenvalue weighted by atomic mass is 10.1. The quantitative estimate of drug-likeness (QED) is 0.519. The van der Waals surface area contributed by atoms with Gasteiger partial charge < -0.3 is 15.0 Å². The Labute approximate surface area is 188 Å². The molecular weight excluding hydrogens is 407 g/mol. The summed E-state index contributed by atoms with van der Waals surface area (Å²) in [5, 5.41) is 7.63. The van der Waals surface area contributed by atoms with Crippen LogP contribution in [0.5, 0.6) is 0 Å². The van der Waals surface area contributed by atoms with Crippen LogP contribution in [0.2, 0.25) is 0 Å². The van der Waals surface area contributed by atoms with Crippen molar-refractivity contribution in [3.63, 3.8) is 0 Å². The highest BCUT2D eigenvalue weighted by Crippen LogP contribution is 2.22. The summed E-state index contributed by atoms with van der Waals surface area (Å²) in [5.74, 6) is -0.439. The molecule has 0 radical (unpaired) electrons. The maximum Gasteiger partial charge on any atom is 0.272 e. The number of nitrogens with zero attached hydrogens (tertiary/aromatic N) is 3. The van der Waals surface area contributed by atoms with Crippen molar-refractivity contribution < 1.29 is 13.9 Å². The molecule has 3 aromatic rings. The molecule has 1 aromatic heterocycles. The zero-order valence-electron chi connectivity index (χ0n) is 18.4. The molecule has 0 saturated carbocycles. The number of amides is 1. The van der Waals surface area contributed by atoms with Crippen molar-refractivity contribution in [1.82, 2.24) is 15.1 Å². The molecule has 2 heterocycles. The van der Waals surface area contributed by atoms with Gasteiger partial charge in [-0.3, -0.25) is 9.48 Å². The molecule has 0 spiro atoms. The van der Waals surface area contributed by atoms with Gasteiger partial charge in [-0.25, -0.2) is 4.39 Å². The number of rotatable bonds is 9. The number of halogens is 1. The van der Waals surface area contributed by atoms with E-state index >= 15 is 0 Å². The lowest BCUT2D eigenvalue weighted by Crippen LogP contribution is -2.30. The number of aromatic nitrogens is 2. The maximum atomic E-state index is 13.2. The molecule has 168 valence electrons. The van der Waals surface area contributed by atoms with Crippen LogP contribution in [0, 0.1) is 5.82 Å². The molecule has 4 rings (SSSR count). The summed E-state index contributed by atoms with van der Waals surface area (Å²) in [6.07, 6.45) is 1.54. The smallest absolute Gasteiger partial charge is 0.272 e. The molecule has 1 amide bonds. The molecule has 6 nitrogen and oxygen atoms in total. The number of carbonyl (C=O) groups is 1. The van der Waals surface area contributed by atoms with E-state index < -0.39 is 0 Å². The third kappa shape index (κ3) is 5.16. The molecular formula is C25H29FN4O2. The molecule has 2 aromatic carbocycles. The normalized spacial score (nSPS) is 12.9. The van der Waals surface area contributed by atoms with E-state index in [9.17, 15) is 9.18 Å². The Kier molecular flexibility index (Phi) is 7.17. The van der Waals surface area contributed by atoms with Gasteiger partial charge in [0, 0.05) is 43.0 Å². The van der Waals surface area contributed by atoms with Gasteiger partial charge in [0.2, 0.25) is 0 Å². The third-order valence-corrected chi connectivity index (χ3v) is 5.75. The summed E-state index contributed by atoms with van der Waals surface area (Å²) in [6.45, 7) is 5.97. The fourth-order valence-electron chi connectivity index (χ4n) is 4.05. The minimum absolute atomic E-state index is 0.174. The molecule has 0 unspecified atom stereocenters. The van der Waals surface area contributed by atoms with Gasteiger partial charge in [0.1, 0.15) is 5.82 Å². The molecule has 1 N–H and O–H groups in total. The lowest BCUT2D eigenvalue weighted by Gasteiger charge is -2.23. The van der Waals surface area contributed by atoms with Gasteiger partial charge in [0.25, 0.3) is 5.91 Å². The topological polar surface area (TPSA) is 59.4 Å². The van der Waals surface area contributed by atoms with E-state index in [4.69, 9.17) is 4.74 Å².